The fraction of sp³-hybridized carbons (Fsp3) is 0.393. The van der Waals surface area contributed by atoms with Gasteiger partial charge in [0.15, 0.2) is 17.3 Å². The lowest BCUT2D eigenvalue weighted by molar-refractivity contribution is -0.146. The van der Waals surface area contributed by atoms with Crippen molar-refractivity contribution in [1.82, 2.24) is 0 Å². The first-order valence-corrected chi connectivity index (χ1v) is 12.8. The smallest absolute Gasteiger partial charge is 0.315 e. The number of ether oxygens (including phenoxy) is 2. The van der Waals surface area contributed by atoms with Crippen molar-refractivity contribution in [2.24, 2.45) is 10.9 Å². The lowest BCUT2D eigenvalue weighted by Gasteiger charge is -2.36. The number of carbonyl (C=O) groups is 2. The van der Waals surface area contributed by atoms with Crippen LogP contribution in [0.4, 0.5) is 0 Å². The molecular weight excluding hydrogens is 510 g/mol. The topological polar surface area (TPSA) is 85.2 Å². The number of aliphatic imine (C=N–C) groups is 1. The van der Waals surface area contributed by atoms with Gasteiger partial charge >= 0.3 is 5.97 Å². The van der Waals surface area contributed by atoms with Crippen LogP contribution in [0.1, 0.15) is 63.0 Å². The maximum atomic E-state index is 13.7. The molecule has 1 unspecified atom stereocenters. The Bertz CT molecular complexity index is 1190. The van der Waals surface area contributed by atoms with Crippen LogP contribution in [0.25, 0.3) is 0 Å². The van der Waals surface area contributed by atoms with Gasteiger partial charge in [-0.3, -0.25) is 14.6 Å². The van der Waals surface area contributed by atoms with Crippen molar-refractivity contribution >= 4 is 33.4 Å². The second kappa shape index (κ2) is 10.8. The first kappa shape index (κ1) is 25.2. The van der Waals surface area contributed by atoms with Crippen molar-refractivity contribution in [2.75, 3.05) is 13.2 Å². The molecule has 2 aromatic rings. The summed E-state index contributed by atoms with van der Waals surface area (Å²) in [4.78, 5) is 31.7. The molecule has 0 radical (unpaired) electrons. The molecule has 0 spiro atoms. The lowest BCUT2D eigenvalue weighted by atomic mass is 9.69. The van der Waals surface area contributed by atoms with Gasteiger partial charge in [-0.15, -0.1) is 0 Å². The number of rotatable bonds is 7. The van der Waals surface area contributed by atoms with Crippen LogP contribution in [0.15, 0.2) is 63.2 Å². The SMILES string of the molecule is CCCOC(=O)C1C(C)=NC2=C(C(=O)C[C@H](c3ccccc3)C2)[C@H]1c1cc(Br)c(O)c(OCC)c1. The Morgan fingerprint density at radius 3 is 2.57 bits per heavy atom. The van der Waals surface area contributed by atoms with Crippen LogP contribution in [-0.2, 0) is 14.3 Å². The number of phenols is 1. The Morgan fingerprint density at radius 2 is 1.89 bits per heavy atom. The number of carbonyl (C=O) groups excluding carboxylic acids is 2. The molecule has 2 aliphatic rings. The van der Waals surface area contributed by atoms with Crippen LogP contribution in [0.3, 0.4) is 0 Å². The van der Waals surface area contributed by atoms with Crippen molar-refractivity contribution in [3.05, 3.63) is 69.3 Å². The van der Waals surface area contributed by atoms with Gasteiger partial charge in [-0.2, -0.15) is 0 Å². The molecule has 7 heteroatoms. The molecule has 1 aliphatic carbocycles. The first-order chi connectivity index (χ1) is 16.8. The number of ketones is 1. The maximum absolute atomic E-state index is 13.7. The number of Topliss-reactive ketones (excluding diaryl/α,β-unsaturated/α-hetero) is 1. The van der Waals surface area contributed by atoms with E-state index in [1.165, 1.54) is 0 Å². The number of esters is 1. The number of phenolic OH excluding ortho intramolecular Hbond substituents is 1. The molecule has 0 bridgehead atoms. The van der Waals surface area contributed by atoms with Crippen LogP contribution in [0, 0.1) is 5.92 Å². The molecule has 1 N–H and O–H groups in total. The van der Waals surface area contributed by atoms with E-state index in [0.29, 0.717) is 59.5 Å². The van der Waals surface area contributed by atoms with Crippen LogP contribution in [-0.4, -0.2) is 35.8 Å². The third-order valence-corrected chi connectivity index (χ3v) is 7.18. The minimum absolute atomic E-state index is 0.0169. The third kappa shape index (κ3) is 5.06. The minimum Gasteiger partial charge on any atom is -0.503 e. The average Bonchev–Trinajstić information content (AvgIpc) is 2.84. The van der Waals surface area contributed by atoms with Gasteiger partial charge in [-0.25, -0.2) is 0 Å². The van der Waals surface area contributed by atoms with Crippen LogP contribution in [0.5, 0.6) is 11.5 Å². The highest BCUT2D eigenvalue weighted by atomic mass is 79.9. The Labute approximate surface area is 214 Å². The van der Waals surface area contributed by atoms with E-state index < -0.39 is 17.8 Å². The molecule has 1 heterocycles. The summed E-state index contributed by atoms with van der Waals surface area (Å²) in [6.07, 6.45) is 1.67. The summed E-state index contributed by atoms with van der Waals surface area (Å²) in [6.45, 7) is 6.26. The Kier molecular flexibility index (Phi) is 7.75. The van der Waals surface area contributed by atoms with Gasteiger partial charge < -0.3 is 14.6 Å². The van der Waals surface area contributed by atoms with E-state index >= 15 is 0 Å². The summed E-state index contributed by atoms with van der Waals surface area (Å²) in [7, 11) is 0. The average molecular weight is 540 g/mol. The second-order valence-electron chi connectivity index (χ2n) is 8.96. The zero-order valence-corrected chi connectivity index (χ0v) is 21.8. The molecule has 0 saturated carbocycles. The molecular formula is C28H30BrNO5. The van der Waals surface area contributed by atoms with Crippen molar-refractivity contribution in [3.8, 4) is 11.5 Å². The van der Waals surface area contributed by atoms with Gasteiger partial charge in [0.2, 0.25) is 0 Å². The van der Waals surface area contributed by atoms with E-state index in [1.54, 1.807) is 12.1 Å². The zero-order valence-electron chi connectivity index (χ0n) is 20.2. The molecule has 184 valence electrons. The summed E-state index contributed by atoms with van der Waals surface area (Å²) < 4.78 is 11.6. The lowest BCUT2D eigenvalue weighted by Crippen LogP contribution is -2.38. The highest BCUT2D eigenvalue weighted by molar-refractivity contribution is 9.10. The van der Waals surface area contributed by atoms with Crippen molar-refractivity contribution in [2.45, 2.75) is 51.9 Å². The summed E-state index contributed by atoms with van der Waals surface area (Å²) in [6, 6.07) is 13.5. The fourth-order valence-corrected chi connectivity index (χ4v) is 5.48. The number of nitrogens with zero attached hydrogens (tertiary/aromatic N) is 1. The number of hydrogen-bond acceptors (Lipinski definition) is 6. The van der Waals surface area contributed by atoms with E-state index in [1.807, 2.05) is 51.1 Å². The number of aromatic hydroxyl groups is 1. The Hall–Kier alpha value is -2.93. The molecule has 0 amide bonds. The summed E-state index contributed by atoms with van der Waals surface area (Å²) in [5.41, 5.74) is 3.70. The van der Waals surface area contributed by atoms with Gasteiger partial charge in [0.1, 0.15) is 5.92 Å². The van der Waals surface area contributed by atoms with Gasteiger partial charge in [-0.05, 0) is 71.8 Å². The molecule has 1 aliphatic heterocycles. The fourth-order valence-electron chi connectivity index (χ4n) is 5.02. The summed E-state index contributed by atoms with van der Waals surface area (Å²) in [5, 5.41) is 10.5. The van der Waals surface area contributed by atoms with Crippen LogP contribution >= 0.6 is 15.9 Å². The van der Waals surface area contributed by atoms with Crippen molar-refractivity contribution in [3.63, 3.8) is 0 Å². The Morgan fingerprint density at radius 1 is 1.14 bits per heavy atom. The molecule has 3 atom stereocenters. The zero-order chi connectivity index (χ0) is 25.1. The van der Waals surface area contributed by atoms with E-state index in [4.69, 9.17) is 14.5 Å². The standard InChI is InChI=1S/C28H30BrNO5/c1-4-11-35-28(33)24-16(3)30-21-13-18(17-9-7-6-8-10-17)14-22(31)26(21)25(24)19-12-20(29)27(32)23(15-19)34-5-2/h6-10,12,15,18,24-25,32H,4-5,11,13-14H2,1-3H3/t18-,24?,25+/m1/s1. The minimum atomic E-state index is -0.733. The predicted octanol–water partition coefficient (Wildman–Crippen LogP) is 6.08. The van der Waals surface area contributed by atoms with Gasteiger partial charge in [0.05, 0.1) is 17.7 Å². The predicted molar refractivity (Wildman–Crippen MR) is 138 cm³/mol. The maximum Gasteiger partial charge on any atom is 0.315 e. The van der Waals surface area contributed by atoms with Crippen molar-refractivity contribution < 1.29 is 24.2 Å². The highest BCUT2D eigenvalue weighted by Gasteiger charge is 2.45. The molecule has 0 aromatic heterocycles. The molecule has 6 nitrogen and oxygen atoms in total. The molecule has 4 rings (SSSR count). The number of allylic oxidation sites excluding steroid dienone is 2. The quantitative estimate of drug-likeness (QED) is 0.430. The second-order valence-corrected chi connectivity index (χ2v) is 9.81. The summed E-state index contributed by atoms with van der Waals surface area (Å²) >= 11 is 3.41. The number of hydrogen-bond donors (Lipinski definition) is 1. The highest BCUT2D eigenvalue weighted by Crippen LogP contribution is 2.49. The van der Waals surface area contributed by atoms with Crippen molar-refractivity contribution in [1.29, 1.82) is 0 Å². The number of halogens is 1. The van der Waals surface area contributed by atoms with Crippen LogP contribution in [0.2, 0.25) is 0 Å². The molecule has 0 fully saturated rings. The van der Waals surface area contributed by atoms with E-state index in [2.05, 4.69) is 15.9 Å². The third-order valence-electron chi connectivity index (χ3n) is 6.57. The van der Waals surface area contributed by atoms with Gasteiger partial charge in [0, 0.05) is 29.3 Å². The van der Waals surface area contributed by atoms with E-state index in [9.17, 15) is 14.7 Å². The summed E-state index contributed by atoms with van der Waals surface area (Å²) in [5.74, 6) is -1.41. The normalized spacial score (nSPS) is 21.9. The molecule has 2 aromatic carbocycles. The Balaban J connectivity index is 1.84. The van der Waals surface area contributed by atoms with Gasteiger partial charge in [-0.1, -0.05) is 37.3 Å². The molecule has 0 saturated heterocycles. The largest absolute Gasteiger partial charge is 0.503 e. The first-order valence-electron chi connectivity index (χ1n) is 12.0. The number of benzene rings is 2. The van der Waals surface area contributed by atoms with E-state index in [-0.39, 0.29) is 17.5 Å². The molecule has 35 heavy (non-hydrogen) atoms. The van der Waals surface area contributed by atoms with Crippen LogP contribution < -0.4 is 4.74 Å². The van der Waals surface area contributed by atoms with Gasteiger partial charge in [0.25, 0.3) is 0 Å². The van der Waals surface area contributed by atoms with E-state index in [0.717, 1.165) is 11.3 Å². The monoisotopic (exact) mass is 539 g/mol.